The summed E-state index contributed by atoms with van der Waals surface area (Å²) >= 11 is 3.27. The van der Waals surface area contributed by atoms with Gasteiger partial charge in [-0.05, 0) is 36.1 Å². The summed E-state index contributed by atoms with van der Waals surface area (Å²) in [6.45, 7) is 3.37. The lowest BCUT2D eigenvalue weighted by Gasteiger charge is -2.35. The van der Waals surface area contributed by atoms with Crippen LogP contribution in [0.2, 0.25) is 0 Å². The Morgan fingerprint density at radius 3 is 2.17 bits per heavy atom. The summed E-state index contributed by atoms with van der Waals surface area (Å²) in [4.78, 5) is 37.8. The first-order valence-corrected chi connectivity index (χ1v) is 12.9. The summed E-state index contributed by atoms with van der Waals surface area (Å²) in [5.41, 5.74) is 2.31. The number of hydrogen-bond donors (Lipinski definition) is 2. The van der Waals surface area contributed by atoms with Gasteiger partial charge in [0.05, 0.1) is 31.4 Å². The first-order valence-electron chi connectivity index (χ1n) is 12.5. The summed E-state index contributed by atoms with van der Waals surface area (Å²) in [5.74, 6) is -4.43. The lowest BCUT2D eigenvalue weighted by Crippen LogP contribution is -2.63. The number of alkyl carbamates (subject to hydrolysis) is 1. The lowest BCUT2D eigenvalue weighted by molar-refractivity contribution is -0.153. The molecule has 0 spiro atoms. The maximum atomic E-state index is 13.3. The molecule has 36 heavy (non-hydrogen) atoms. The number of rotatable bonds is 7. The number of alkyl halides is 1. The van der Waals surface area contributed by atoms with E-state index >= 15 is 0 Å². The molecule has 0 saturated heterocycles. The van der Waals surface area contributed by atoms with E-state index in [0.29, 0.717) is 0 Å². The zero-order chi connectivity index (χ0) is 26.5. The van der Waals surface area contributed by atoms with Gasteiger partial charge in [-0.25, -0.2) is 9.59 Å². The molecule has 2 N–H and O–H groups in total. The molecular formula is C27H28BrNO7. The van der Waals surface area contributed by atoms with Crippen LogP contribution < -0.4 is 5.32 Å². The van der Waals surface area contributed by atoms with Crippen LogP contribution in [0.3, 0.4) is 0 Å². The van der Waals surface area contributed by atoms with Gasteiger partial charge in [-0.2, -0.15) is 0 Å². The minimum Gasteiger partial charge on any atom is -0.466 e. The second-order valence-electron chi connectivity index (χ2n) is 9.16. The van der Waals surface area contributed by atoms with Crippen molar-refractivity contribution in [3.05, 3.63) is 59.7 Å². The molecule has 0 aromatic heterocycles. The normalized spacial score (nSPS) is 31.9. The number of halogens is 1. The van der Waals surface area contributed by atoms with Crippen molar-refractivity contribution in [3.63, 3.8) is 0 Å². The molecule has 1 unspecified atom stereocenters. The van der Waals surface area contributed by atoms with Gasteiger partial charge in [-0.1, -0.05) is 64.5 Å². The topological polar surface area (TPSA) is 111 Å². The zero-order valence-corrected chi connectivity index (χ0v) is 21.5. The second kappa shape index (κ2) is 9.52. The van der Waals surface area contributed by atoms with Crippen molar-refractivity contribution >= 4 is 34.0 Å². The molecule has 2 fully saturated rings. The van der Waals surface area contributed by atoms with Gasteiger partial charge in [0.2, 0.25) is 0 Å². The summed E-state index contributed by atoms with van der Waals surface area (Å²) in [6.07, 6.45) is -3.14. The first-order chi connectivity index (χ1) is 17.7. The third-order valence-electron chi connectivity index (χ3n) is 7.37. The van der Waals surface area contributed by atoms with E-state index in [-0.39, 0.29) is 25.7 Å². The molecule has 3 aliphatic carbocycles. The number of carbonyl (C=O) groups excluding carboxylic acids is 3. The van der Waals surface area contributed by atoms with E-state index in [0.717, 1.165) is 22.3 Å². The van der Waals surface area contributed by atoms with Gasteiger partial charge in [0, 0.05) is 17.8 Å². The SMILES string of the molecule is [3H][C@]1(O)C(Br)[C@@](NC(=O)OCC2c3ccccc3-c3ccccc32)(C(=O)OCC)[C@@H]2[C@@H](C(=O)OCC)[C@@H]21. The summed E-state index contributed by atoms with van der Waals surface area (Å²) < 4.78 is 24.5. The van der Waals surface area contributed by atoms with Crippen LogP contribution >= 0.6 is 15.9 Å². The highest BCUT2D eigenvalue weighted by atomic mass is 79.9. The number of amides is 1. The Balaban J connectivity index is 1.40. The molecule has 190 valence electrons. The minimum absolute atomic E-state index is 0.00453. The largest absolute Gasteiger partial charge is 0.466 e. The molecule has 0 radical (unpaired) electrons. The number of nitrogens with one attached hydrogen (secondary N) is 1. The van der Waals surface area contributed by atoms with E-state index in [2.05, 4.69) is 21.2 Å². The summed E-state index contributed by atoms with van der Waals surface area (Å²) in [5, 5.41) is 13.6. The molecular weight excluding hydrogens is 530 g/mol. The quantitative estimate of drug-likeness (QED) is 0.304. The highest BCUT2D eigenvalue weighted by Crippen LogP contribution is 2.64. The monoisotopic (exact) mass is 559 g/mol. The van der Waals surface area contributed by atoms with Crippen LogP contribution in [0.4, 0.5) is 4.79 Å². The average Bonchev–Trinajstić information content (AvgIpc) is 3.53. The molecule has 0 heterocycles. The van der Waals surface area contributed by atoms with Crippen molar-refractivity contribution in [1.29, 1.82) is 0 Å². The van der Waals surface area contributed by atoms with Crippen molar-refractivity contribution < 1.29 is 35.1 Å². The summed E-state index contributed by atoms with van der Waals surface area (Å²) in [7, 11) is 0. The van der Waals surface area contributed by atoms with E-state index in [1.54, 1.807) is 13.8 Å². The maximum Gasteiger partial charge on any atom is 0.408 e. The number of carbonyl (C=O) groups is 3. The standard InChI is InChI=1S/C27H28BrNO7/c1-3-34-24(31)20-19-21(20)27(23(28)22(19)30,25(32)35-4-2)29-26(33)36-13-18-16-11-7-5-9-14(16)15-10-6-8-12-17(15)18/h5-12,18-23,30H,3-4,13H2,1-2H3,(H,29,33)/t19-,20-,21-,22+,23?,27+/m0/s1/i22T. The number of benzene rings is 2. The van der Waals surface area contributed by atoms with E-state index < -0.39 is 52.2 Å². The molecule has 0 bridgehead atoms. The molecule has 2 saturated carbocycles. The fraction of sp³-hybridized carbons (Fsp3) is 0.444. The molecule has 8 nitrogen and oxygen atoms in total. The maximum absolute atomic E-state index is 13.3. The van der Waals surface area contributed by atoms with E-state index in [9.17, 15) is 19.5 Å². The van der Waals surface area contributed by atoms with E-state index in [1.807, 2.05) is 48.5 Å². The van der Waals surface area contributed by atoms with E-state index in [1.165, 1.54) is 0 Å². The molecule has 0 aliphatic heterocycles. The van der Waals surface area contributed by atoms with Crippen molar-refractivity contribution in [2.24, 2.45) is 17.8 Å². The van der Waals surface area contributed by atoms with Crippen LogP contribution in [-0.2, 0) is 23.8 Å². The lowest BCUT2D eigenvalue weighted by atomic mass is 9.89. The predicted molar refractivity (Wildman–Crippen MR) is 133 cm³/mol. The van der Waals surface area contributed by atoms with Crippen LogP contribution in [0.25, 0.3) is 11.1 Å². The van der Waals surface area contributed by atoms with Crippen molar-refractivity contribution in [2.45, 2.75) is 36.2 Å². The van der Waals surface area contributed by atoms with Crippen LogP contribution in [0.5, 0.6) is 0 Å². The molecule has 1 amide bonds. The van der Waals surface area contributed by atoms with Crippen molar-refractivity contribution in [2.75, 3.05) is 19.8 Å². The zero-order valence-electron chi connectivity index (χ0n) is 20.9. The minimum atomic E-state index is -2.23. The summed E-state index contributed by atoms with van der Waals surface area (Å²) in [6, 6.07) is 15.8. The Labute approximate surface area is 218 Å². The molecule has 3 aliphatic rings. The van der Waals surface area contributed by atoms with Gasteiger partial charge in [-0.15, -0.1) is 0 Å². The Hall–Kier alpha value is -2.91. The van der Waals surface area contributed by atoms with Gasteiger partial charge in [-0.3, -0.25) is 4.79 Å². The third kappa shape index (κ3) is 3.71. The predicted octanol–water partition coefficient (Wildman–Crippen LogP) is 3.39. The number of hydrogen-bond acceptors (Lipinski definition) is 7. The molecule has 6 atom stereocenters. The van der Waals surface area contributed by atoms with Gasteiger partial charge < -0.3 is 24.6 Å². The van der Waals surface area contributed by atoms with Crippen molar-refractivity contribution in [3.8, 4) is 11.1 Å². The van der Waals surface area contributed by atoms with Crippen molar-refractivity contribution in [1.82, 2.24) is 5.32 Å². The number of fused-ring (bicyclic) bond motifs is 4. The highest BCUT2D eigenvalue weighted by molar-refractivity contribution is 9.09. The Morgan fingerprint density at radius 2 is 1.58 bits per heavy atom. The van der Waals surface area contributed by atoms with Crippen LogP contribution in [0, 0.1) is 17.8 Å². The number of ether oxygens (including phenoxy) is 3. The molecule has 9 heteroatoms. The van der Waals surface area contributed by atoms with E-state index in [4.69, 9.17) is 15.6 Å². The van der Waals surface area contributed by atoms with Crippen LogP contribution in [-0.4, -0.2) is 59.4 Å². The number of aliphatic hydroxyl groups is 1. The second-order valence-corrected chi connectivity index (χ2v) is 10.1. The molecule has 5 rings (SSSR count). The average molecular weight is 560 g/mol. The smallest absolute Gasteiger partial charge is 0.408 e. The third-order valence-corrected chi connectivity index (χ3v) is 8.56. The Kier molecular flexibility index (Phi) is 6.21. The molecule has 2 aromatic rings. The molecule has 2 aromatic carbocycles. The van der Waals surface area contributed by atoms with Gasteiger partial charge in [0.25, 0.3) is 0 Å². The first kappa shape index (κ1) is 23.5. The van der Waals surface area contributed by atoms with Crippen LogP contribution in [0.15, 0.2) is 48.5 Å². The fourth-order valence-electron chi connectivity index (χ4n) is 5.84. The Morgan fingerprint density at radius 1 is 1.00 bits per heavy atom. The Bertz CT molecular complexity index is 1210. The number of esters is 2. The van der Waals surface area contributed by atoms with Gasteiger partial charge in [0.1, 0.15) is 6.61 Å². The van der Waals surface area contributed by atoms with Crippen LogP contribution in [0.1, 0.15) is 32.3 Å². The fourth-order valence-corrected chi connectivity index (χ4v) is 6.75. The van der Waals surface area contributed by atoms with Gasteiger partial charge in [0.15, 0.2) is 5.54 Å². The van der Waals surface area contributed by atoms with Gasteiger partial charge >= 0.3 is 18.0 Å². The highest BCUT2D eigenvalue weighted by Gasteiger charge is 2.80.